The predicted molar refractivity (Wildman–Crippen MR) is 62.6 cm³/mol. The molecule has 2 fully saturated rings. The highest BCUT2D eigenvalue weighted by Gasteiger charge is 2.42. The van der Waals surface area contributed by atoms with Crippen LogP contribution in [0.15, 0.2) is 0 Å². The van der Waals surface area contributed by atoms with Crippen LogP contribution >= 0.6 is 0 Å². The highest BCUT2D eigenvalue weighted by Crippen LogP contribution is 2.21. The Labute approximate surface area is 106 Å². The van der Waals surface area contributed by atoms with Crippen LogP contribution in [0.1, 0.15) is 26.7 Å². The molecule has 1 N–H and O–H groups in total. The van der Waals surface area contributed by atoms with Gasteiger partial charge in [-0.3, -0.25) is 19.8 Å². The van der Waals surface area contributed by atoms with Gasteiger partial charge in [-0.15, -0.1) is 0 Å². The van der Waals surface area contributed by atoms with E-state index in [9.17, 15) is 14.4 Å². The molecule has 4 amide bonds. The molecule has 100 valence electrons. The average molecular weight is 254 g/mol. The molecule has 2 aliphatic rings. The zero-order chi connectivity index (χ0) is 13.3. The lowest BCUT2D eigenvalue weighted by atomic mass is 9.92. The Morgan fingerprint density at radius 1 is 1.39 bits per heavy atom. The number of urea groups is 1. The Kier molecular flexibility index (Phi) is 3.65. The van der Waals surface area contributed by atoms with Crippen LogP contribution in [0.5, 0.6) is 0 Å². The van der Waals surface area contributed by atoms with E-state index in [2.05, 4.69) is 5.32 Å². The Morgan fingerprint density at radius 2 is 2.11 bits per heavy atom. The van der Waals surface area contributed by atoms with Crippen LogP contribution in [0.2, 0.25) is 0 Å². The van der Waals surface area contributed by atoms with Crippen molar-refractivity contribution < 1.29 is 19.1 Å². The van der Waals surface area contributed by atoms with E-state index in [1.165, 1.54) is 0 Å². The first-order chi connectivity index (χ1) is 8.50. The highest BCUT2D eigenvalue weighted by atomic mass is 16.5. The van der Waals surface area contributed by atoms with E-state index in [4.69, 9.17) is 4.74 Å². The SMILES string of the molecule is CC(C)C1C(=O)NC(=O)N(CC2CCCO2)C1=O. The highest BCUT2D eigenvalue weighted by molar-refractivity contribution is 6.16. The summed E-state index contributed by atoms with van der Waals surface area (Å²) >= 11 is 0. The van der Waals surface area contributed by atoms with E-state index in [1.54, 1.807) is 13.8 Å². The van der Waals surface area contributed by atoms with E-state index >= 15 is 0 Å². The molecule has 0 aromatic heterocycles. The first-order valence-electron chi connectivity index (χ1n) is 6.28. The second-order valence-electron chi connectivity index (χ2n) is 5.10. The summed E-state index contributed by atoms with van der Waals surface area (Å²) in [5.74, 6) is -1.81. The molecule has 2 atom stereocenters. The van der Waals surface area contributed by atoms with Crippen LogP contribution in [0, 0.1) is 11.8 Å². The van der Waals surface area contributed by atoms with Gasteiger partial charge in [0.2, 0.25) is 11.8 Å². The van der Waals surface area contributed by atoms with Crippen molar-refractivity contribution >= 4 is 17.8 Å². The zero-order valence-corrected chi connectivity index (χ0v) is 10.6. The third kappa shape index (κ3) is 2.38. The number of nitrogens with one attached hydrogen (secondary N) is 1. The van der Waals surface area contributed by atoms with Gasteiger partial charge in [-0.25, -0.2) is 4.79 Å². The normalized spacial score (nSPS) is 29.1. The lowest BCUT2D eigenvalue weighted by molar-refractivity contribution is -0.145. The zero-order valence-electron chi connectivity index (χ0n) is 10.6. The van der Waals surface area contributed by atoms with Crippen LogP contribution in [-0.2, 0) is 14.3 Å². The van der Waals surface area contributed by atoms with E-state index in [-0.39, 0.29) is 18.6 Å². The summed E-state index contributed by atoms with van der Waals surface area (Å²) < 4.78 is 5.42. The van der Waals surface area contributed by atoms with Crippen LogP contribution < -0.4 is 5.32 Å². The summed E-state index contributed by atoms with van der Waals surface area (Å²) in [5.41, 5.74) is 0. The number of carbonyl (C=O) groups excluding carboxylic acids is 3. The number of barbiturate groups is 1. The monoisotopic (exact) mass is 254 g/mol. The summed E-state index contributed by atoms with van der Waals surface area (Å²) in [7, 11) is 0. The Balaban J connectivity index is 2.10. The van der Waals surface area contributed by atoms with E-state index in [1.807, 2.05) is 0 Å². The maximum Gasteiger partial charge on any atom is 0.330 e. The van der Waals surface area contributed by atoms with Crippen LogP contribution in [-0.4, -0.2) is 42.0 Å². The van der Waals surface area contributed by atoms with Gasteiger partial charge < -0.3 is 4.74 Å². The third-order valence-electron chi connectivity index (χ3n) is 3.37. The minimum absolute atomic E-state index is 0.0966. The van der Waals surface area contributed by atoms with E-state index in [0.717, 1.165) is 17.7 Å². The summed E-state index contributed by atoms with van der Waals surface area (Å²) in [6.45, 7) is 4.49. The number of imide groups is 2. The molecule has 6 heteroatoms. The van der Waals surface area contributed by atoms with Gasteiger partial charge in [0.15, 0.2) is 0 Å². The molecule has 0 aliphatic carbocycles. The molecule has 2 rings (SSSR count). The molecule has 2 heterocycles. The number of amides is 4. The number of nitrogens with zero attached hydrogens (tertiary/aromatic N) is 1. The number of hydrogen-bond acceptors (Lipinski definition) is 4. The van der Waals surface area contributed by atoms with Crippen LogP contribution in [0.3, 0.4) is 0 Å². The maximum absolute atomic E-state index is 12.2. The van der Waals surface area contributed by atoms with Gasteiger partial charge in [0, 0.05) is 6.61 Å². The Morgan fingerprint density at radius 3 is 2.67 bits per heavy atom. The van der Waals surface area contributed by atoms with Crippen molar-refractivity contribution in [3.63, 3.8) is 0 Å². The second kappa shape index (κ2) is 5.06. The fraction of sp³-hybridized carbons (Fsp3) is 0.750. The van der Waals surface area contributed by atoms with Gasteiger partial charge in [0.25, 0.3) is 0 Å². The van der Waals surface area contributed by atoms with Crippen molar-refractivity contribution in [1.29, 1.82) is 0 Å². The summed E-state index contributed by atoms with van der Waals surface area (Å²) in [4.78, 5) is 36.6. The van der Waals surface area contributed by atoms with Crippen molar-refractivity contribution in [2.24, 2.45) is 11.8 Å². The number of rotatable bonds is 3. The molecule has 0 saturated carbocycles. The van der Waals surface area contributed by atoms with E-state index in [0.29, 0.717) is 6.61 Å². The molecule has 0 spiro atoms. The molecule has 0 aromatic carbocycles. The minimum atomic E-state index is -0.774. The van der Waals surface area contributed by atoms with Crippen molar-refractivity contribution in [2.45, 2.75) is 32.8 Å². The predicted octanol–water partition coefficient (Wildman–Crippen LogP) is 0.516. The van der Waals surface area contributed by atoms with Crippen LogP contribution in [0.4, 0.5) is 4.79 Å². The first-order valence-corrected chi connectivity index (χ1v) is 6.28. The quantitative estimate of drug-likeness (QED) is 0.745. The third-order valence-corrected chi connectivity index (χ3v) is 3.37. The van der Waals surface area contributed by atoms with Gasteiger partial charge in [0.1, 0.15) is 5.92 Å². The number of hydrogen-bond donors (Lipinski definition) is 1. The van der Waals surface area contributed by atoms with Crippen molar-refractivity contribution in [1.82, 2.24) is 10.2 Å². The standard InChI is InChI=1S/C12H18N2O4/c1-7(2)9-10(15)13-12(17)14(11(9)16)6-8-4-3-5-18-8/h7-9H,3-6H2,1-2H3,(H,13,15,17). The average Bonchev–Trinajstić information content (AvgIpc) is 2.75. The maximum atomic E-state index is 12.2. The topological polar surface area (TPSA) is 75.7 Å². The molecule has 6 nitrogen and oxygen atoms in total. The van der Waals surface area contributed by atoms with Crippen molar-refractivity contribution in [3.8, 4) is 0 Å². The fourth-order valence-corrected chi connectivity index (χ4v) is 2.38. The van der Waals surface area contributed by atoms with Gasteiger partial charge in [-0.05, 0) is 18.8 Å². The number of carbonyl (C=O) groups is 3. The molecular weight excluding hydrogens is 236 g/mol. The molecule has 2 saturated heterocycles. The molecular formula is C12H18N2O4. The van der Waals surface area contributed by atoms with Gasteiger partial charge in [0.05, 0.1) is 12.6 Å². The number of ether oxygens (including phenoxy) is 1. The summed E-state index contributed by atoms with van der Waals surface area (Å²) in [6, 6.07) is -0.627. The van der Waals surface area contributed by atoms with Crippen molar-refractivity contribution in [2.75, 3.05) is 13.2 Å². The second-order valence-corrected chi connectivity index (χ2v) is 5.10. The summed E-state index contributed by atoms with van der Waals surface area (Å²) in [5, 5.41) is 2.24. The minimum Gasteiger partial charge on any atom is -0.376 e. The molecule has 2 aliphatic heterocycles. The lowest BCUT2D eigenvalue weighted by Gasteiger charge is -2.33. The first kappa shape index (κ1) is 13.0. The van der Waals surface area contributed by atoms with Crippen molar-refractivity contribution in [3.05, 3.63) is 0 Å². The molecule has 0 aromatic rings. The van der Waals surface area contributed by atoms with Gasteiger partial charge in [-0.2, -0.15) is 0 Å². The van der Waals surface area contributed by atoms with Gasteiger partial charge >= 0.3 is 6.03 Å². The Hall–Kier alpha value is -1.43. The molecule has 0 radical (unpaired) electrons. The molecule has 0 bridgehead atoms. The molecule has 18 heavy (non-hydrogen) atoms. The van der Waals surface area contributed by atoms with Crippen LogP contribution in [0.25, 0.3) is 0 Å². The smallest absolute Gasteiger partial charge is 0.330 e. The largest absolute Gasteiger partial charge is 0.376 e. The fourth-order valence-electron chi connectivity index (χ4n) is 2.38. The summed E-state index contributed by atoms with van der Waals surface area (Å²) in [6.07, 6.45) is 1.69. The van der Waals surface area contributed by atoms with Gasteiger partial charge in [-0.1, -0.05) is 13.8 Å². The lowest BCUT2D eigenvalue weighted by Crippen LogP contribution is -2.60. The Bertz CT molecular complexity index is 374. The van der Waals surface area contributed by atoms with E-state index < -0.39 is 23.8 Å². The molecule has 2 unspecified atom stereocenters.